The van der Waals surface area contributed by atoms with Crippen LogP contribution >= 0.6 is 0 Å². The summed E-state index contributed by atoms with van der Waals surface area (Å²) < 4.78 is 5.10. The first-order valence-corrected chi connectivity index (χ1v) is 7.67. The molecule has 22 heavy (non-hydrogen) atoms. The van der Waals surface area contributed by atoms with E-state index in [1.807, 2.05) is 25.1 Å². The van der Waals surface area contributed by atoms with E-state index in [-0.39, 0.29) is 12.1 Å². The van der Waals surface area contributed by atoms with Crippen molar-refractivity contribution in [1.82, 2.24) is 9.88 Å². The third kappa shape index (κ3) is 2.52. The molecule has 2 N–H and O–H groups in total. The second-order valence-electron chi connectivity index (χ2n) is 5.62. The number of rotatable bonds is 1. The third-order valence-electron chi connectivity index (χ3n) is 4.24. The van der Waals surface area contributed by atoms with E-state index in [9.17, 15) is 4.79 Å². The van der Waals surface area contributed by atoms with Gasteiger partial charge < -0.3 is 15.4 Å². The Hall–Kier alpha value is -2.14. The molecule has 1 aromatic carbocycles. The summed E-state index contributed by atoms with van der Waals surface area (Å²) in [5.41, 5.74) is 10.6. The van der Waals surface area contributed by atoms with E-state index in [2.05, 4.69) is 13.0 Å². The highest BCUT2D eigenvalue weighted by Gasteiger charge is 2.27. The van der Waals surface area contributed by atoms with Crippen molar-refractivity contribution in [2.45, 2.75) is 26.3 Å². The van der Waals surface area contributed by atoms with Gasteiger partial charge in [-0.2, -0.15) is 0 Å². The monoisotopic (exact) mass is 299 g/mol. The van der Waals surface area contributed by atoms with Crippen LogP contribution in [0.25, 0.3) is 10.9 Å². The lowest BCUT2D eigenvalue weighted by molar-refractivity contribution is 0.106. The average Bonchev–Trinajstić information content (AvgIpc) is 2.68. The van der Waals surface area contributed by atoms with Gasteiger partial charge in [-0.25, -0.2) is 4.79 Å². The van der Waals surface area contributed by atoms with Crippen LogP contribution in [0.15, 0.2) is 24.3 Å². The van der Waals surface area contributed by atoms with E-state index in [1.54, 1.807) is 4.90 Å². The molecule has 0 bridgehead atoms. The van der Waals surface area contributed by atoms with Gasteiger partial charge in [0.25, 0.3) is 0 Å². The van der Waals surface area contributed by atoms with Crippen LogP contribution in [0.4, 0.5) is 4.79 Å². The number of nitrogens with two attached hydrogens (primary N) is 1. The summed E-state index contributed by atoms with van der Waals surface area (Å²) in [7, 11) is 0. The van der Waals surface area contributed by atoms with Crippen molar-refractivity contribution < 1.29 is 9.53 Å². The van der Waals surface area contributed by atoms with Crippen LogP contribution in [0.1, 0.15) is 29.8 Å². The topological polar surface area (TPSA) is 68.5 Å². The van der Waals surface area contributed by atoms with E-state index < -0.39 is 0 Å². The van der Waals surface area contributed by atoms with Gasteiger partial charge in [-0.3, -0.25) is 4.98 Å². The molecule has 1 aromatic heterocycles. The molecule has 0 saturated heterocycles. The zero-order valence-electron chi connectivity index (χ0n) is 13.0. The summed E-state index contributed by atoms with van der Waals surface area (Å²) in [6.45, 7) is 5.34. The highest BCUT2D eigenvalue weighted by Crippen LogP contribution is 2.28. The normalized spacial score (nSPS) is 18.0. The molecule has 1 atom stereocenters. The Kier molecular flexibility index (Phi) is 3.98. The maximum Gasteiger partial charge on any atom is 0.409 e. The minimum atomic E-state index is -0.298. The van der Waals surface area contributed by atoms with Gasteiger partial charge in [0.05, 0.1) is 23.9 Å². The number of pyridine rings is 1. The molecule has 0 spiro atoms. The maximum absolute atomic E-state index is 12.0. The van der Waals surface area contributed by atoms with Crippen molar-refractivity contribution >= 4 is 17.0 Å². The van der Waals surface area contributed by atoms with Crippen LogP contribution in [0, 0.1) is 6.92 Å². The lowest BCUT2D eigenvalue weighted by atomic mass is 9.97. The summed E-state index contributed by atoms with van der Waals surface area (Å²) >= 11 is 0. The molecule has 2 heterocycles. The van der Waals surface area contributed by atoms with Crippen molar-refractivity contribution in [3.8, 4) is 0 Å². The van der Waals surface area contributed by atoms with Crippen molar-refractivity contribution in [3.05, 3.63) is 41.1 Å². The second-order valence-corrected chi connectivity index (χ2v) is 5.62. The Morgan fingerprint density at radius 3 is 3.00 bits per heavy atom. The summed E-state index contributed by atoms with van der Waals surface area (Å²) in [5, 5.41) is 1.15. The Morgan fingerprint density at radius 2 is 2.23 bits per heavy atom. The SMILES string of the molecule is CCOC(=O)N1CCc2c(nc3ccccc3c2C)C(N)C1. The second kappa shape index (κ2) is 5.93. The van der Waals surface area contributed by atoms with Crippen LogP contribution < -0.4 is 5.73 Å². The molecule has 0 radical (unpaired) electrons. The first kappa shape index (κ1) is 14.8. The number of ether oxygens (including phenoxy) is 1. The van der Waals surface area contributed by atoms with E-state index >= 15 is 0 Å². The lowest BCUT2D eigenvalue weighted by Crippen LogP contribution is -2.37. The third-order valence-corrected chi connectivity index (χ3v) is 4.24. The van der Waals surface area contributed by atoms with Gasteiger partial charge in [0, 0.05) is 18.5 Å². The van der Waals surface area contributed by atoms with E-state index in [0.717, 1.165) is 28.6 Å². The number of benzene rings is 1. The maximum atomic E-state index is 12.0. The van der Waals surface area contributed by atoms with Gasteiger partial charge >= 0.3 is 6.09 Å². The molecule has 0 aliphatic carbocycles. The standard InChI is InChI=1S/C17H21N3O2/c1-3-22-17(21)20-9-8-13-11(2)12-6-4-5-7-15(12)19-16(13)14(18)10-20/h4-7,14H,3,8-10,18H2,1-2H3. The number of carbonyl (C=O) groups is 1. The van der Waals surface area contributed by atoms with Crippen LogP contribution in [-0.4, -0.2) is 35.7 Å². The molecular weight excluding hydrogens is 278 g/mol. The average molecular weight is 299 g/mol. The van der Waals surface area contributed by atoms with Crippen LogP contribution in [0.3, 0.4) is 0 Å². The molecule has 1 amide bonds. The molecule has 0 saturated carbocycles. The van der Waals surface area contributed by atoms with Crippen LogP contribution in [-0.2, 0) is 11.2 Å². The highest BCUT2D eigenvalue weighted by atomic mass is 16.6. The van der Waals surface area contributed by atoms with Gasteiger partial charge in [0.1, 0.15) is 0 Å². The number of hydrogen-bond acceptors (Lipinski definition) is 4. The van der Waals surface area contributed by atoms with E-state index in [1.165, 1.54) is 5.56 Å². The number of amides is 1. The molecule has 5 heteroatoms. The first-order chi connectivity index (χ1) is 10.6. The fourth-order valence-electron chi connectivity index (χ4n) is 3.10. The number of aryl methyl sites for hydroxylation is 1. The fourth-order valence-corrected chi connectivity index (χ4v) is 3.10. The predicted octanol–water partition coefficient (Wildman–Crippen LogP) is 2.56. The Labute approximate surface area is 130 Å². The van der Waals surface area contributed by atoms with Gasteiger partial charge in [-0.15, -0.1) is 0 Å². The zero-order valence-corrected chi connectivity index (χ0v) is 13.0. The van der Waals surface area contributed by atoms with Crippen molar-refractivity contribution in [2.24, 2.45) is 5.73 Å². The van der Waals surface area contributed by atoms with Gasteiger partial charge in [0.2, 0.25) is 0 Å². The number of carbonyl (C=O) groups excluding carboxylic acids is 1. The van der Waals surface area contributed by atoms with Gasteiger partial charge in [-0.1, -0.05) is 18.2 Å². The van der Waals surface area contributed by atoms with Crippen molar-refractivity contribution in [1.29, 1.82) is 0 Å². The largest absolute Gasteiger partial charge is 0.450 e. The quantitative estimate of drug-likeness (QED) is 0.878. The van der Waals surface area contributed by atoms with Gasteiger partial charge in [0.15, 0.2) is 0 Å². The Morgan fingerprint density at radius 1 is 1.45 bits per heavy atom. The Balaban J connectivity index is 2.01. The van der Waals surface area contributed by atoms with E-state index in [0.29, 0.717) is 19.7 Å². The smallest absolute Gasteiger partial charge is 0.409 e. The highest BCUT2D eigenvalue weighted by molar-refractivity contribution is 5.83. The molecule has 1 aliphatic rings. The number of nitrogens with zero attached hydrogens (tertiary/aromatic N) is 2. The van der Waals surface area contributed by atoms with E-state index in [4.69, 9.17) is 15.5 Å². The minimum absolute atomic E-state index is 0.287. The summed E-state index contributed by atoms with van der Waals surface area (Å²) in [4.78, 5) is 18.4. The van der Waals surface area contributed by atoms with Crippen molar-refractivity contribution in [2.75, 3.05) is 19.7 Å². The summed E-state index contributed by atoms with van der Waals surface area (Å²) in [5.74, 6) is 0. The van der Waals surface area contributed by atoms with Crippen LogP contribution in [0.2, 0.25) is 0 Å². The molecule has 5 nitrogen and oxygen atoms in total. The van der Waals surface area contributed by atoms with Crippen LogP contribution in [0.5, 0.6) is 0 Å². The molecule has 2 aromatic rings. The summed E-state index contributed by atoms with van der Waals surface area (Å²) in [6, 6.07) is 7.80. The predicted molar refractivity (Wildman–Crippen MR) is 85.7 cm³/mol. The molecule has 116 valence electrons. The fraction of sp³-hybridized carbons (Fsp3) is 0.412. The number of aromatic nitrogens is 1. The molecule has 0 fully saturated rings. The first-order valence-electron chi connectivity index (χ1n) is 7.67. The minimum Gasteiger partial charge on any atom is -0.450 e. The molecular formula is C17H21N3O2. The molecule has 1 aliphatic heterocycles. The zero-order chi connectivity index (χ0) is 15.7. The summed E-state index contributed by atoms with van der Waals surface area (Å²) in [6.07, 6.45) is 0.457. The number of para-hydroxylation sites is 1. The number of fused-ring (bicyclic) bond motifs is 2. The van der Waals surface area contributed by atoms with Gasteiger partial charge in [-0.05, 0) is 37.5 Å². The Bertz CT molecular complexity index is 714. The lowest BCUT2D eigenvalue weighted by Gasteiger charge is -2.21. The number of hydrogen-bond donors (Lipinski definition) is 1. The molecule has 1 unspecified atom stereocenters. The molecule has 3 rings (SSSR count). The van der Waals surface area contributed by atoms with Crippen molar-refractivity contribution in [3.63, 3.8) is 0 Å².